The highest BCUT2D eigenvalue weighted by atomic mass is 32.2. The molecule has 0 radical (unpaired) electrons. The summed E-state index contributed by atoms with van der Waals surface area (Å²) in [6.45, 7) is 0.426. The lowest BCUT2D eigenvalue weighted by Gasteiger charge is -2.10. The molecule has 0 saturated carbocycles. The Morgan fingerprint density at radius 3 is 2.65 bits per heavy atom. The predicted octanol–water partition coefficient (Wildman–Crippen LogP) is 2.42. The number of carbonyl (C=O) groups excluding carboxylic acids is 2. The molecule has 0 aliphatic carbocycles. The van der Waals surface area contributed by atoms with Gasteiger partial charge in [-0.1, -0.05) is 24.6 Å². The number of nitrogens with zero attached hydrogens (tertiary/aromatic N) is 1. The number of amidine groups is 1. The van der Waals surface area contributed by atoms with Gasteiger partial charge in [0.15, 0.2) is 5.75 Å². The van der Waals surface area contributed by atoms with Crippen LogP contribution in [0.1, 0.15) is 41.6 Å². The van der Waals surface area contributed by atoms with Gasteiger partial charge in [0.1, 0.15) is 11.4 Å². The highest BCUT2D eigenvalue weighted by Crippen LogP contribution is 2.28. The molecule has 0 spiro atoms. The normalized spacial score (nSPS) is 15.2. The molecule has 9 nitrogen and oxygen atoms in total. The third kappa shape index (κ3) is 5.21. The van der Waals surface area contributed by atoms with E-state index in [0.717, 1.165) is 0 Å². The predicted molar refractivity (Wildman–Crippen MR) is 115 cm³/mol. The van der Waals surface area contributed by atoms with E-state index in [0.29, 0.717) is 37.2 Å². The third-order valence-corrected chi connectivity index (χ3v) is 6.11. The lowest BCUT2D eigenvalue weighted by molar-refractivity contribution is -0.116. The molecule has 1 amide bonds. The van der Waals surface area contributed by atoms with Crippen LogP contribution in [0.4, 0.5) is 5.69 Å². The topological polar surface area (TPSA) is 134 Å². The van der Waals surface area contributed by atoms with Gasteiger partial charge in [-0.05, 0) is 37.1 Å². The Morgan fingerprint density at radius 2 is 1.87 bits per heavy atom. The van der Waals surface area contributed by atoms with Crippen molar-refractivity contribution in [3.8, 4) is 5.75 Å². The van der Waals surface area contributed by atoms with E-state index in [1.54, 1.807) is 18.2 Å². The standard InChI is InChI=1S/C21H23N3O6S/c1-30-21(27)15-9-7-10-16(19(15)26)23-18(25)12-3-2-6-13-22-20-14-8-4-5-11-17(14)31(28,29)24-20/h4-5,7-11,26H,2-3,6,12-13H2,1H3,(H,22,24)(H,23,25). The van der Waals surface area contributed by atoms with Crippen LogP contribution in [0.3, 0.4) is 0 Å². The summed E-state index contributed by atoms with van der Waals surface area (Å²) in [6.07, 6.45) is 2.22. The summed E-state index contributed by atoms with van der Waals surface area (Å²) in [5.41, 5.74) is 0.686. The van der Waals surface area contributed by atoms with Crippen LogP contribution in [-0.2, 0) is 19.6 Å². The van der Waals surface area contributed by atoms with Crippen molar-refractivity contribution in [3.63, 3.8) is 0 Å². The molecule has 0 fully saturated rings. The zero-order chi connectivity index (χ0) is 22.4. The second kappa shape index (κ2) is 9.61. The molecule has 0 unspecified atom stereocenters. The van der Waals surface area contributed by atoms with Crippen molar-refractivity contribution in [3.05, 3.63) is 53.6 Å². The Labute approximate surface area is 180 Å². The average molecular weight is 445 g/mol. The summed E-state index contributed by atoms with van der Waals surface area (Å²) in [5, 5.41) is 12.7. The molecule has 1 aliphatic heterocycles. The molecule has 10 heteroatoms. The smallest absolute Gasteiger partial charge is 0.341 e. The van der Waals surface area contributed by atoms with Crippen LogP contribution >= 0.6 is 0 Å². The number of rotatable bonds is 8. The minimum absolute atomic E-state index is 0.0245. The maximum Gasteiger partial charge on any atom is 0.341 e. The number of hydrogen-bond acceptors (Lipinski definition) is 7. The van der Waals surface area contributed by atoms with Crippen LogP contribution in [0.25, 0.3) is 0 Å². The maximum absolute atomic E-state index is 12.1. The van der Waals surface area contributed by atoms with Crippen molar-refractivity contribution in [2.75, 3.05) is 19.0 Å². The zero-order valence-corrected chi connectivity index (χ0v) is 17.7. The number of fused-ring (bicyclic) bond motifs is 1. The van der Waals surface area contributed by atoms with Gasteiger partial charge < -0.3 is 15.2 Å². The summed E-state index contributed by atoms with van der Waals surface area (Å²) in [6, 6.07) is 11.1. The van der Waals surface area contributed by atoms with Gasteiger partial charge in [0.2, 0.25) is 5.91 Å². The molecule has 3 N–H and O–H groups in total. The zero-order valence-electron chi connectivity index (χ0n) is 16.9. The molecule has 0 saturated heterocycles. The van der Waals surface area contributed by atoms with E-state index in [1.165, 1.54) is 31.4 Å². The molecule has 2 aromatic carbocycles. The van der Waals surface area contributed by atoms with Gasteiger partial charge in [-0.2, -0.15) is 0 Å². The van der Waals surface area contributed by atoms with Crippen molar-refractivity contribution in [1.82, 2.24) is 4.72 Å². The number of phenolic OH excluding ortho intramolecular Hbond substituents is 1. The Hall–Kier alpha value is -3.40. The second-order valence-corrected chi connectivity index (χ2v) is 8.53. The number of ether oxygens (including phenoxy) is 1. The lowest BCUT2D eigenvalue weighted by atomic mass is 10.1. The van der Waals surface area contributed by atoms with Gasteiger partial charge in [0.05, 0.1) is 17.7 Å². The van der Waals surface area contributed by atoms with Gasteiger partial charge in [0.25, 0.3) is 10.0 Å². The fourth-order valence-electron chi connectivity index (χ4n) is 3.15. The molecule has 2 aromatic rings. The van der Waals surface area contributed by atoms with Gasteiger partial charge in [-0.15, -0.1) is 0 Å². The van der Waals surface area contributed by atoms with E-state index >= 15 is 0 Å². The van der Waals surface area contributed by atoms with Crippen molar-refractivity contribution in [1.29, 1.82) is 0 Å². The number of para-hydroxylation sites is 1. The fourth-order valence-corrected chi connectivity index (χ4v) is 4.40. The molecule has 1 heterocycles. The van der Waals surface area contributed by atoms with E-state index in [9.17, 15) is 23.1 Å². The van der Waals surface area contributed by atoms with E-state index < -0.39 is 16.0 Å². The lowest BCUT2D eigenvalue weighted by Crippen LogP contribution is -2.22. The first-order valence-corrected chi connectivity index (χ1v) is 11.2. The number of unbranched alkanes of at least 4 members (excludes halogenated alkanes) is 2. The minimum atomic E-state index is -3.54. The number of amides is 1. The summed E-state index contributed by atoms with van der Waals surface area (Å²) < 4.78 is 31.1. The minimum Gasteiger partial charge on any atom is -0.505 e. The van der Waals surface area contributed by atoms with Crippen LogP contribution < -0.4 is 10.0 Å². The Kier molecular flexibility index (Phi) is 6.91. The molecule has 0 aromatic heterocycles. The maximum atomic E-state index is 12.1. The molecule has 0 atom stereocenters. The number of nitrogens with one attached hydrogen (secondary N) is 2. The van der Waals surface area contributed by atoms with E-state index in [4.69, 9.17) is 0 Å². The van der Waals surface area contributed by atoms with Crippen molar-refractivity contribution < 1.29 is 27.9 Å². The third-order valence-electron chi connectivity index (χ3n) is 4.71. The van der Waals surface area contributed by atoms with E-state index in [2.05, 4.69) is 19.8 Å². The van der Waals surface area contributed by atoms with Crippen molar-refractivity contribution in [2.45, 2.75) is 30.6 Å². The largest absolute Gasteiger partial charge is 0.505 e. The molecule has 0 bridgehead atoms. The van der Waals surface area contributed by atoms with Crippen LogP contribution in [0.2, 0.25) is 0 Å². The Balaban J connectivity index is 1.45. The summed E-state index contributed by atoms with van der Waals surface area (Å²) >= 11 is 0. The van der Waals surface area contributed by atoms with E-state index in [-0.39, 0.29) is 34.2 Å². The molecule has 3 rings (SSSR count). The first-order chi connectivity index (χ1) is 14.8. The number of esters is 1. The summed E-state index contributed by atoms with van der Waals surface area (Å²) in [4.78, 5) is 28.3. The number of carbonyl (C=O) groups is 2. The molecule has 164 valence electrons. The molecule has 31 heavy (non-hydrogen) atoms. The van der Waals surface area contributed by atoms with E-state index in [1.807, 2.05) is 0 Å². The highest BCUT2D eigenvalue weighted by Gasteiger charge is 2.29. The monoisotopic (exact) mass is 445 g/mol. The Bertz CT molecular complexity index is 1130. The number of benzene rings is 2. The van der Waals surface area contributed by atoms with Crippen molar-refractivity contribution in [2.24, 2.45) is 4.99 Å². The highest BCUT2D eigenvalue weighted by molar-refractivity contribution is 7.90. The summed E-state index contributed by atoms with van der Waals surface area (Å²) in [5.74, 6) is -0.976. The number of aliphatic imine (C=N–C) groups is 1. The second-order valence-electron chi connectivity index (χ2n) is 6.88. The van der Waals surface area contributed by atoms with Crippen LogP contribution in [0, 0.1) is 0 Å². The quantitative estimate of drug-likeness (QED) is 0.325. The fraction of sp³-hybridized carbons (Fsp3) is 0.286. The number of methoxy groups -OCH3 is 1. The van der Waals surface area contributed by atoms with Gasteiger partial charge in [0, 0.05) is 18.5 Å². The SMILES string of the molecule is COC(=O)c1cccc(NC(=O)CCCCCN=C2NS(=O)(=O)c3ccccc32)c1O. The van der Waals surface area contributed by atoms with Gasteiger partial charge >= 0.3 is 5.97 Å². The first-order valence-electron chi connectivity index (χ1n) is 9.70. The number of aromatic hydroxyl groups is 1. The molecular formula is C21H23N3O6S. The Morgan fingerprint density at radius 1 is 1.10 bits per heavy atom. The number of sulfonamides is 1. The number of anilines is 1. The molecular weight excluding hydrogens is 422 g/mol. The molecule has 1 aliphatic rings. The van der Waals surface area contributed by atoms with Gasteiger partial charge in [-0.25, -0.2) is 13.2 Å². The van der Waals surface area contributed by atoms with Crippen LogP contribution in [-0.4, -0.2) is 44.9 Å². The van der Waals surface area contributed by atoms with Crippen LogP contribution in [0.15, 0.2) is 52.4 Å². The van der Waals surface area contributed by atoms with Crippen molar-refractivity contribution >= 4 is 33.4 Å². The number of phenols is 1. The average Bonchev–Trinajstić information content (AvgIpc) is 3.02. The van der Waals surface area contributed by atoms with Gasteiger partial charge in [-0.3, -0.25) is 14.5 Å². The summed E-state index contributed by atoms with van der Waals surface area (Å²) in [7, 11) is -2.33. The van der Waals surface area contributed by atoms with Crippen LogP contribution in [0.5, 0.6) is 5.75 Å². The number of hydrogen-bond donors (Lipinski definition) is 3. The first kappa shape index (κ1) is 22.3.